The molecule has 0 saturated heterocycles. The predicted octanol–water partition coefficient (Wildman–Crippen LogP) is 2.88. The molecule has 8 heteroatoms. The molecule has 0 aromatic carbocycles. The van der Waals surface area contributed by atoms with Crippen LogP contribution in [0.4, 0.5) is 0 Å². The summed E-state index contributed by atoms with van der Waals surface area (Å²) in [6.07, 6.45) is 2.24. The van der Waals surface area contributed by atoms with Gasteiger partial charge in [-0.1, -0.05) is 16.9 Å². The Kier molecular flexibility index (Phi) is 10.6. The maximum Gasteiger partial charge on any atom is 0.220 e. The normalized spacial score (nSPS) is 12.2. The van der Waals surface area contributed by atoms with Gasteiger partial charge in [0, 0.05) is 31.5 Å². The summed E-state index contributed by atoms with van der Waals surface area (Å²) < 4.78 is 11.6. The molecule has 26 heavy (non-hydrogen) atoms. The molecule has 0 fully saturated rings. The number of aromatic nitrogens is 1. The fourth-order valence-electron chi connectivity index (χ4n) is 1.71. The summed E-state index contributed by atoms with van der Waals surface area (Å²) in [6.45, 7) is 9.67. The third kappa shape index (κ3) is 11.0. The zero-order valence-electron chi connectivity index (χ0n) is 16.1. The number of nitrogens with one attached hydrogen (secondary N) is 1. The van der Waals surface area contributed by atoms with Crippen molar-refractivity contribution < 1.29 is 14.3 Å². The Morgan fingerprint density at radius 2 is 2.00 bits per heavy atom. The van der Waals surface area contributed by atoms with Gasteiger partial charge in [0.15, 0.2) is 0 Å². The molecule has 0 saturated carbocycles. The number of pyridine rings is 1. The number of amides is 1. The molecule has 0 aliphatic rings. The highest BCUT2D eigenvalue weighted by atomic mass is 33.1. The Labute approximate surface area is 164 Å². The van der Waals surface area contributed by atoms with Crippen molar-refractivity contribution in [1.29, 1.82) is 0 Å². The minimum atomic E-state index is -0.424. The van der Waals surface area contributed by atoms with Crippen LogP contribution in [0, 0.1) is 0 Å². The second kappa shape index (κ2) is 11.8. The minimum absolute atomic E-state index is 0.0287. The topological polar surface area (TPSA) is 86.5 Å². The van der Waals surface area contributed by atoms with Crippen LogP contribution in [0.25, 0.3) is 0 Å². The maximum absolute atomic E-state index is 11.8. The van der Waals surface area contributed by atoms with Crippen LogP contribution in [-0.4, -0.2) is 54.1 Å². The van der Waals surface area contributed by atoms with Gasteiger partial charge in [-0.3, -0.25) is 4.79 Å². The zero-order chi connectivity index (χ0) is 19.5. The first-order valence-corrected chi connectivity index (χ1v) is 11.0. The molecule has 0 atom stereocenters. The molecule has 1 amide bonds. The number of hydrogen-bond acceptors (Lipinski definition) is 7. The molecule has 1 aromatic heterocycles. The lowest BCUT2D eigenvalue weighted by atomic mass is 10.1. The van der Waals surface area contributed by atoms with E-state index in [1.807, 2.05) is 45.9 Å². The summed E-state index contributed by atoms with van der Waals surface area (Å²) in [5, 5.41) is 3.83. The van der Waals surface area contributed by atoms with Crippen molar-refractivity contribution in [3.63, 3.8) is 0 Å². The van der Waals surface area contributed by atoms with Crippen LogP contribution in [0.15, 0.2) is 29.4 Å². The summed E-state index contributed by atoms with van der Waals surface area (Å²) in [5.74, 6) is 0.766. The lowest BCUT2D eigenvalue weighted by molar-refractivity contribution is -0.124. The summed E-state index contributed by atoms with van der Waals surface area (Å²) in [4.78, 5) is 16.1. The largest absolute Gasteiger partial charge is 0.371 e. The summed E-state index contributed by atoms with van der Waals surface area (Å²) in [7, 11) is 3.21. The van der Waals surface area contributed by atoms with E-state index in [2.05, 4.69) is 10.3 Å². The van der Waals surface area contributed by atoms with E-state index in [9.17, 15) is 4.79 Å². The molecule has 6 nitrogen and oxygen atoms in total. The predicted molar refractivity (Wildman–Crippen MR) is 109 cm³/mol. The van der Waals surface area contributed by atoms with Gasteiger partial charge >= 0.3 is 0 Å². The Morgan fingerprint density at radius 3 is 2.65 bits per heavy atom. The number of carbonyl (C=O) groups is 1. The minimum Gasteiger partial charge on any atom is -0.371 e. The van der Waals surface area contributed by atoms with E-state index < -0.39 is 5.60 Å². The Hall–Kier alpha value is -0.800. The highest BCUT2D eigenvalue weighted by Crippen LogP contribution is 2.29. The molecule has 0 spiro atoms. The van der Waals surface area contributed by atoms with Crippen LogP contribution in [0.5, 0.6) is 0 Å². The van der Waals surface area contributed by atoms with Crippen molar-refractivity contribution in [2.24, 2.45) is 5.73 Å². The molecule has 0 aliphatic heterocycles. The van der Waals surface area contributed by atoms with Gasteiger partial charge in [0.05, 0.1) is 24.4 Å². The van der Waals surface area contributed by atoms with E-state index in [1.54, 1.807) is 27.8 Å². The lowest BCUT2D eigenvalue weighted by Crippen LogP contribution is -2.41. The van der Waals surface area contributed by atoms with E-state index >= 15 is 0 Å². The van der Waals surface area contributed by atoms with Crippen molar-refractivity contribution in [2.75, 3.05) is 32.1 Å². The quantitative estimate of drug-likeness (QED) is 0.388. The van der Waals surface area contributed by atoms with E-state index in [1.165, 1.54) is 0 Å². The summed E-state index contributed by atoms with van der Waals surface area (Å²) >= 11 is 0. The highest BCUT2D eigenvalue weighted by Gasteiger charge is 2.24. The van der Waals surface area contributed by atoms with Gasteiger partial charge in [0.25, 0.3) is 0 Å². The van der Waals surface area contributed by atoms with Crippen molar-refractivity contribution >= 4 is 27.5 Å². The van der Waals surface area contributed by atoms with Gasteiger partial charge < -0.3 is 20.5 Å². The Morgan fingerprint density at radius 1 is 1.23 bits per heavy atom. The average Bonchev–Trinajstić information content (AvgIpc) is 2.62. The van der Waals surface area contributed by atoms with E-state index in [0.29, 0.717) is 32.7 Å². The van der Waals surface area contributed by atoms with Crippen LogP contribution < -0.4 is 11.1 Å². The van der Waals surface area contributed by atoms with Crippen LogP contribution in [0.1, 0.15) is 34.1 Å². The number of rotatable bonds is 13. The first-order valence-electron chi connectivity index (χ1n) is 8.69. The van der Waals surface area contributed by atoms with E-state index in [-0.39, 0.29) is 11.5 Å². The van der Waals surface area contributed by atoms with Crippen LogP contribution in [0.3, 0.4) is 0 Å². The molecule has 1 heterocycles. The van der Waals surface area contributed by atoms with Crippen molar-refractivity contribution in [2.45, 2.75) is 50.3 Å². The highest BCUT2D eigenvalue weighted by molar-refractivity contribution is 8.76. The molecular formula is C18H31N3O3S2. The Balaban J connectivity index is 2.08. The smallest absolute Gasteiger partial charge is 0.220 e. The first-order chi connectivity index (χ1) is 12.2. The number of hydrogen-bond donors (Lipinski definition) is 2. The fraction of sp³-hybridized carbons (Fsp3) is 0.667. The third-order valence-corrected chi connectivity index (χ3v) is 5.68. The SMILES string of the molecule is CC(C)(CN)OCC(C)(C)OCCNC(=O)CCSSc1ccccn1. The van der Waals surface area contributed by atoms with Crippen LogP contribution in [0.2, 0.25) is 0 Å². The van der Waals surface area contributed by atoms with Gasteiger partial charge in [0.2, 0.25) is 5.91 Å². The van der Waals surface area contributed by atoms with Gasteiger partial charge in [-0.05, 0) is 50.6 Å². The monoisotopic (exact) mass is 401 g/mol. The van der Waals surface area contributed by atoms with Crippen molar-refractivity contribution in [3.05, 3.63) is 24.4 Å². The van der Waals surface area contributed by atoms with Crippen LogP contribution >= 0.6 is 21.6 Å². The fourth-order valence-corrected chi connectivity index (χ4v) is 3.58. The first kappa shape index (κ1) is 23.2. The number of nitrogens with zero attached hydrogens (tertiary/aromatic N) is 1. The molecule has 0 radical (unpaired) electrons. The summed E-state index contributed by atoms with van der Waals surface area (Å²) in [6, 6.07) is 5.79. The molecular weight excluding hydrogens is 370 g/mol. The second-order valence-electron chi connectivity index (χ2n) is 7.03. The molecule has 0 bridgehead atoms. The molecule has 148 valence electrons. The van der Waals surface area contributed by atoms with Gasteiger partial charge in [-0.25, -0.2) is 4.98 Å². The zero-order valence-corrected chi connectivity index (χ0v) is 17.8. The molecule has 1 aromatic rings. The van der Waals surface area contributed by atoms with Crippen molar-refractivity contribution in [1.82, 2.24) is 10.3 Å². The Bertz CT molecular complexity index is 528. The number of ether oxygens (including phenoxy) is 2. The van der Waals surface area contributed by atoms with Crippen molar-refractivity contribution in [3.8, 4) is 0 Å². The number of nitrogens with two attached hydrogens (primary N) is 1. The lowest BCUT2D eigenvalue weighted by Gasteiger charge is -2.31. The standard InChI is InChI=1S/C18H31N3O3S2/c1-17(2,13-19)24-14-18(3,4)23-11-10-20-15(22)8-12-25-26-16-7-5-6-9-21-16/h5-7,9H,8,10-14,19H2,1-4H3,(H,20,22). The average molecular weight is 402 g/mol. The second-order valence-corrected chi connectivity index (χ2v) is 9.47. The van der Waals surface area contributed by atoms with Gasteiger partial charge in [0.1, 0.15) is 5.03 Å². The van der Waals surface area contributed by atoms with Crippen LogP contribution in [-0.2, 0) is 14.3 Å². The van der Waals surface area contributed by atoms with Gasteiger partial charge in [-0.15, -0.1) is 0 Å². The molecule has 0 aliphatic carbocycles. The van der Waals surface area contributed by atoms with Gasteiger partial charge in [-0.2, -0.15) is 0 Å². The third-order valence-electron chi connectivity index (χ3n) is 3.41. The molecule has 1 rings (SSSR count). The van der Waals surface area contributed by atoms with E-state index in [4.69, 9.17) is 15.2 Å². The molecule has 0 unspecified atom stereocenters. The maximum atomic E-state index is 11.8. The molecule has 3 N–H and O–H groups in total. The number of carbonyl (C=O) groups excluding carboxylic acids is 1. The summed E-state index contributed by atoms with van der Waals surface area (Å²) in [5.41, 5.74) is 4.87. The van der Waals surface area contributed by atoms with E-state index in [0.717, 1.165) is 10.8 Å².